The van der Waals surface area contributed by atoms with E-state index >= 15 is 0 Å². The molecule has 10 rings (SSSR count). The summed E-state index contributed by atoms with van der Waals surface area (Å²) in [5.74, 6) is 1.48. The highest BCUT2D eigenvalue weighted by Crippen LogP contribution is 2.41. The van der Waals surface area contributed by atoms with Crippen LogP contribution in [0.15, 0.2) is 178 Å². The van der Waals surface area contributed by atoms with Crippen molar-refractivity contribution in [3.63, 3.8) is 0 Å². The van der Waals surface area contributed by atoms with E-state index in [1.807, 2.05) is 35.6 Å². The first-order valence-corrected chi connectivity index (χ1v) is 17.6. The van der Waals surface area contributed by atoms with Gasteiger partial charge in [-0.1, -0.05) is 127 Å². The Balaban J connectivity index is 1.04. The Morgan fingerprint density at radius 2 is 1.20 bits per heavy atom. The third-order valence-corrected chi connectivity index (χ3v) is 10.8. The van der Waals surface area contributed by atoms with Gasteiger partial charge in [-0.15, -0.1) is 11.3 Å². The topological polar surface area (TPSA) is 49.9 Å². The Labute approximate surface area is 292 Å². The summed E-state index contributed by atoms with van der Waals surface area (Å²) in [4.78, 5) is 10.2. The maximum absolute atomic E-state index is 6.48. The summed E-state index contributed by atoms with van der Waals surface area (Å²) in [5, 5.41) is 8.35. The second-order valence-electron chi connectivity index (χ2n) is 12.6. The van der Waals surface area contributed by atoms with Crippen molar-refractivity contribution in [1.29, 1.82) is 0 Å². The Hall–Kier alpha value is -6.30. The van der Waals surface area contributed by atoms with Crippen LogP contribution in [0.5, 0.6) is 0 Å². The molecule has 5 heteroatoms. The molecule has 0 spiro atoms. The molecule has 1 N–H and O–H groups in total. The average Bonchev–Trinajstić information content (AvgIpc) is 3.76. The zero-order valence-electron chi connectivity index (χ0n) is 26.9. The van der Waals surface area contributed by atoms with E-state index in [-0.39, 0.29) is 6.17 Å². The van der Waals surface area contributed by atoms with E-state index in [1.54, 1.807) is 0 Å². The summed E-state index contributed by atoms with van der Waals surface area (Å²) in [6.45, 7) is 0. The smallest absolute Gasteiger partial charge is 0.159 e. The molecule has 0 aliphatic carbocycles. The molecule has 7 aromatic carbocycles. The number of hydrogen-bond donors (Lipinski definition) is 1. The molecule has 0 amide bonds. The van der Waals surface area contributed by atoms with E-state index in [2.05, 4.69) is 145 Å². The molecule has 0 radical (unpaired) electrons. The lowest BCUT2D eigenvalue weighted by molar-refractivity contribution is 0.668. The van der Waals surface area contributed by atoms with Crippen molar-refractivity contribution >= 4 is 65.1 Å². The number of rotatable bonds is 5. The van der Waals surface area contributed by atoms with Crippen molar-refractivity contribution in [2.45, 2.75) is 6.17 Å². The van der Waals surface area contributed by atoms with E-state index < -0.39 is 0 Å². The second kappa shape index (κ2) is 11.7. The zero-order chi connectivity index (χ0) is 33.0. The van der Waals surface area contributed by atoms with Gasteiger partial charge in [0.25, 0.3) is 0 Å². The monoisotopic (exact) mass is 659 g/mol. The lowest BCUT2D eigenvalue weighted by Crippen LogP contribution is -2.33. The van der Waals surface area contributed by atoms with Crippen LogP contribution in [0.3, 0.4) is 0 Å². The number of benzene rings is 7. The molecule has 1 unspecified atom stereocenters. The molecule has 2 aromatic heterocycles. The van der Waals surface area contributed by atoms with Gasteiger partial charge in [0.05, 0.1) is 0 Å². The van der Waals surface area contributed by atoms with Crippen LogP contribution in [0.1, 0.15) is 22.9 Å². The lowest BCUT2D eigenvalue weighted by Gasteiger charge is -2.23. The van der Waals surface area contributed by atoms with Crippen molar-refractivity contribution in [2.24, 2.45) is 9.98 Å². The van der Waals surface area contributed by atoms with Crippen LogP contribution in [0.25, 0.3) is 64.4 Å². The zero-order valence-corrected chi connectivity index (χ0v) is 27.7. The number of furan rings is 1. The van der Waals surface area contributed by atoms with Gasteiger partial charge in [-0.25, -0.2) is 9.98 Å². The third-order valence-electron chi connectivity index (χ3n) is 9.57. The minimum Gasteiger partial charge on any atom is -0.456 e. The Morgan fingerprint density at radius 3 is 2.06 bits per heavy atom. The summed E-state index contributed by atoms with van der Waals surface area (Å²) in [6.07, 6.45) is -0.275. The van der Waals surface area contributed by atoms with Crippen molar-refractivity contribution in [1.82, 2.24) is 5.32 Å². The first-order valence-electron chi connectivity index (χ1n) is 16.8. The molecule has 50 heavy (non-hydrogen) atoms. The molecule has 0 fully saturated rings. The molecule has 0 bridgehead atoms. The predicted octanol–water partition coefficient (Wildman–Crippen LogP) is 11.8. The van der Waals surface area contributed by atoms with Crippen LogP contribution >= 0.6 is 11.3 Å². The van der Waals surface area contributed by atoms with E-state index in [0.29, 0.717) is 5.84 Å². The number of amidine groups is 2. The van der Waals surface area contributed by atoms with Crippen molar-refractivity contribution < 1.29 is 4.42 Å². The van der Waals surface area contributed by atoms with Crippen molar-refractivity contribution in [3.8, 4) is 22.3 Å². The summed E-state index contributed by atoms with van der Waals surface area (Å²) in [5.41, 5.74) is 9.47. The number of fused-ring (bicyclic) bond motifs is 6. The highest BCUT2D eigenvalue weighted by molar-refractivity contribution is 7.26. The number of nitrogens with one attached hydrogen (secondary N) is 1. The molecule has 3 heterocycles. The summed E-state index contributed by atoms with van der Waals surface area (Å²) in [6, 6.07) is 57.4. The minimum absolute atomic E-state index is 0.275. The van der Waals surface area contributed by atoms with Gasteiger partial charge in [-0.2, -0.15) is 0 Å². The minimum atomic E-state index is -0.275. The van der Waals surface area contributed by atoms with E-state index in [9.17, 15) is 0 Å². The van der Waals surface area contributed by atoms with Crippen LogP contribution in [-0.4, -0.2) is 11.7 Å². The molecular formula is C45H29N3OS. The highest BCUT2D eigenvalue weighted by Gasteiger charge is 2.22. The third kappa shape index (κ3) is 4.90. The summed E-state index contributed by atoms with van der Waals surface area (Å²) in [7, 11) is 0. The summed E-state index contributed by atoms with van der Waals surface area (Å²) < 4.78 is 9.08. The van der Waals surface area contributed by atoms with E-state index in [4.69, 9.17) is 14.4 Å². The van der Waals surface area contributed by atoms with Gasteiger partial charge in [-0.3, -0.25) is 0 Å². The van der Waals surface area contributed by atoms with Crippen LogP contribution in [0, 0.1) is 0 Å². The first-order chi connectivity index (χ1) is 24.7. The van der Waals surface area contributed by atoms with Crippen LogP contribution in [-0.2, 0) is 0 Å². The maximum Gasteiger partial charge on any atom is 0.159 e. The van der Waals surface area contributed by atoms with Gasteiger partial charge in [0, 0.05) is 42.1 Å². The fraction of sp³-hybridized carbons (Fsp3) is 0.0222. The Kier molecular flexibility index (Phi) is 6.71. The normalized spacial score (nSPS) is 14.6. The summed E-state index contributed by atoms with van der Waals surface area (Å²) >= 11 is 1.85. The number of aliphatic imine (C=N–C) groups is 2. The SMILES string of the molecule is c1ccc(-c2ccc(C3=NC(c4ccccc4)NC(c4ccc5oc6cc(-c7cccc8c7sc7ccccc78)ccc6c5c4)=N3)cc2)cc1. The average molecular weight is 660 g/mol. The molecule has 1 atom stereocenters. The largest absolute Gasteiger partial charge is 0.456 e. The second-order valence-corrected chi connectivity index (χ2v) is 13.7. The van der Waals surface area contributed by atoms with Gasteiger partial charge in [0.15, 0.2) is 5.84 Å². The van der Waals surface area contributed by atoms with Crippen LogP contribution in [0.4, 0.5) is 0 Å². The van der Waals surface area contributed by atoms with Crippen LogP contribution < -0.4 is 5.32 Å². The Morgan fingerprint density at radius 1 is 0.500 bits per heavy atom. The molecular weight excluding hydrogens is 631 g/mol. The Bertz CT molecular complexity index is 2780. The van der Waals surface area contributed by atoms with Gasteiger partial charge in [0.1, 0.15) is 23.2 Å². The first kappa shape index (κ1) is 28.7. The quantitative estimate of drug-likeness (QED) is 0.200. The number of nitrogens with zero attached hydrogens (tertiary/aromatic N) is 2. The molecule has 0 saturated heterocycles. The molecule has 4 nitrogen and oxygen atoms in total. The molecule has 1 aliphatic heterocycles. The fourth-order valence-electron chi connectivity index (χ4n) is 7.04. The standard InChI is InChI=1S/C45H29N3OS/c1-3-10-28(11-4-1)29-18-20-31(21-19-29)44-46-43(30-12-5-2-6-13-30)47-45(48-44)33-23-25-39-38(26-33)35-24-22-32(27-40(35)49-39)34-15-9-16-37-36-14-7-8-17-41(36)50-42(34)37/h1-27,43H,(H,46,47,48). The predicted molar refractivity (Wildman–Crippen MR) is 209 cm³/mol. The van der Waals surface area contributed by atoms with Gasteiger partial charge >= 0.3 is 0 Å². The molecule has 236 valence electrons. The fourth-order valence-corrected chi connectivity index (χ4v) is 8.28. The van der Waals surface area contributed by atoms with Crippen LogP contribution in [0.2, 0.25) is 0 Å². The lowest BCUT2D eigenvalue weighted by atomic mass is 10.0. The number of thiophene rings is 1. The molecule has 1 aliphatic rings. The number of hydrogen-bond acceptors (Lipinski definition) is 5. The van der Waals surface area contributed by atoms with E-state index in [1.165, 1.54) is 31.3 Å². The van der Waals surface area contributed by atoms with Gasteiger partial charge in [-0.05, 0) is 64.2 Å². The van der Waals surface area contributed by atoms with Gasteiger partial charge in [0.2, 0.25) is 0 Å². The highest BCUT2D eigenvalue weighted by atomic mass is 32.1. The van der Waals surface area contributed by atoms with E-state index in [0.717, 1.165) is 55.6 Å². The van der Waals surface area contributed by atoms with Gasteiger partial charge < -0.3 is 9.73 Å². The molecule has 0 saturated carbocycles. The van der Waals surface area contributed by atoms with Crippen molar-refractivity contribution in [3.05, 3.63) is 180 Å². The maximum atomic E-state index is 6.48. The molecule has 9 aromatic rings. The van der Waals surface area contributed by atoms with Crippen molar-refractivity contribution in [2.75, 3.05) is 0 Å².